The number of fused-ring (bicyclic) bond motifs is 1. The van der Waals surface area contributed by atoms with E-state index in [1.165, 1.54) is 18.1 Å². The summed E-state index contributed by atoms with van der Waals surface area (Å²) in [4.78, 5) is 26.8. The van der Waals surface area contributed by atoms with E-state index in [0.29, 0.717) is 11.4 Å². The molecule has 0 bridgehead atoms. The Labute approximate surface area is 177 Å². The molecule has 1 fully saturated rings. The number of halogens is 2. The van der Waals surface area contributed by atoms with Gasteiger partial charge in [-0.15, -0.1) is 0 Å². The molecule has 0 unspecified atom stereocenters. The smallest absolute Gasteiger partial charge is 0.300 e. The maximum atomic E-state index is 14.0. The third-order valence-corrected chi connectivity index (χ3v) is 7.32. The molecule has 1 amide bonds. The Hall–Kier alpha value is -2.89. The fourth-order valence-electron chi connectivity index (χ4n) is 3.71. The highest BCUT2D eigenvalue weighted by atomic mass is 32.2. The van der Waals surface area contributed by atoms with Crippen molar-refractivity contribution in [3.63, 3.8) is 0 Å². The van der Waals surface area contributed by atoms with Gasteiger partial charge in [0.2, 0.25) is 10.0 Å². The predicted octanol–water partition coefficient (Wildman–Crippen LogP) is 1.47. The van der Waals surface area contributed by atoms with Crippen LogP contribution < -0.4 is 9.64 Å². The Morgan fingerprint density at radius 1 is 1.00 bits per heavy atom. The van der Waals surface area contributed by atoms with Gasteiger partial charge >= 0.3 is 5.91 Å². The molecule has 8 nitrogen and oxygen atoms in total. The molecule has 0 radical (unpaired) electrons. The van der Waals surface area contributed by atoms with Crippen LogP contribution in [0, 0.1) is 11.6 Å². The summed E-state index contributed by atoms with van der Waals surface area (Å²) in [5, 5.41) is 0. The fraction of sp³-hybridized carbons (Fsp3) is 0.300. The van der Waals surface area contributed by atoms with Crippen molar-refractivity contribution in [2.45, 2.75) is 4.90 Å². The van der Waals surface area contributed by atoms with Gasteiger partial charge in [0.05, 0.1) is 25.0 Å². The topological polar surface area (TPSA) is 87.2 Å². The first-order chi connectivity index (χ1) is 14.7. The Bertz CT molecular complexity index is 1140. The fourth-order valence-corrected chi connectivity index (χ4v) is 5.24. The van der Waals surface area contributed by atoms with Crippen LogP contribution in [0.1, 0.15) is 10.4 Å². The average Bonchev–Trinajstić information content (AvgIpc) is 2.98. The van der Waals surface area contributed by atoms with Crippen LogP contribution in [-0.2, 0) is 14.8 Å². The number of carbonyl (C=O) groups excluding carboxylic acids is 2. The third-order valence-electron chi connectivity index (χ3n) is 5.37. The number of nitrogens with zero attached hydrogens (tertiary/aromatic N) is 3. The molecule has 0 N–H and O–H groups in total. The number of ether oxygens (including phenoxy) is 1. The van der Waals surface area contributed by atoms with Crippen molar-refractivity contribution in [1.29, 1.82) is 0 Å². The number of hydrogen-bond donors (Lipinski definition) is 0. The van der Waals surface area contributed by atoms with E-state index in [0.717, 1.165) is 22.5 Å². The molecule has 164 valence electrons. The van der Waals surface area contributed by atoms with Crippen LogP contribution in [0.5, 0.6) is 5.75 Å². The Morgan fingerprint density at radius 2 is 1.65 bits per heavy atom. The van der Waals surface area contributed by atoms with Gasteiger partial charge in [-0.05, 0) is 24.3 Å². The molecule has 2 aliphatic rings. The SMILES string of the molecule is COc1ccc2c(c1)N(CN1CCN(S(=O)(=O)c3c(F)cccc3F)CC1)C(=O)C2=O. The first kappa shape index (κ1) is 21.3. The molecule has 1 saturated heterocycles. The van der Waals surface area contributed by atoms with Gasteiger partial charge in [-0.2, -0.15) is 4.31 Å². The van der Waals surface area contributed by atoms with Gasteiger partial charge in [0.25, 0.3) is 5.78 Å². The first-order valence-electron chi connectivity index (χ1n) is 9.45. The Morgan fingerprint density at radius 3 is 2.26 bits per heavy atom. The summed E-state index contributed by atoms with van der Waals surface area (Å²) in [6, 6.07) is 7.62. The van der Waals surface area contributed by atoms with E-state index >= 15 is 0 Å². The summed E-state index contributed by atoms with van der Waals surface area (Å²) in [5.74, 6) is -3.09. The van der Waals surface area contributed by atoms with Crippen LogP contribution in [-0.4, -0.2) is 69.3 Å². The van der Waals surface area contributed by atoms with Crippen molar-refractivity contribution in [2.24, 2.45) is 0 Å². The molecule has 2 aromatic carbocycles. The highest BCUT2D eigenvalue weighted by molar-refractivity contribution is 7.89. The van der Waals surface area contributed by atoms with Crippen LogP contribution in [0.15, 0.2) is 41.3 Å². The van der Waals surface area contributed by atoms with Crippen LogP contribution >= 0.6 is 0 Å². The highest BCUT2D eigenvalue weighted by Gasteiger charge is 2.38. The van der Waals surface area contributed by atoms with Gasteiger partial charge in [0.1, 0.15) is 17.4 Å². The van der Waals surface area contributed by atoms with E-state index in [1.54, 1.807) is 17.0 Å². The molecule has 31 heavy (non-hydrogen) atoms. The van der Waals surface area contributed by atoms with Crippen molar-refractivity contribution < 1.29 is 31.5 Å². The molecule has 0 saturated carbocycles. The first-order valence-corrected chi connectivity index (χ1v) is 10.9. The minimum Gasteiger partial charge on any atom is -0.497 e. The molecule has 11 heteroatoms. The maximum Gasteiger partial charge on any atom is 0.300 e. The van der Waals surface area contributed by atoms with E-state index in [4.69, 9.17) is 4.74 Å². The molecule has 0 aromatic heterocycles. The van der Waals surface area contributed by atoms with Crippen LogP contribution in [0.4, 0.5) is 14.5 Å². The number of benzene rings is 2. The molecule has 2 aromatic rings. The molecule has 0 aliphatic carbocycles. The standard InChI is InChI=1S/C20H19F2N3O5S/c1-30-13-5-6-14-17(11-13)25(20(27)18(14)26)12-23-7-9-24(10-8-23)31(28,29)19-15(21)3-2-4-16(19)22/h2-6,11H,7-10,12H2,1H3. The number of methoxy groups -OCH3 is 1. The second-order valence-corrected chi connectivity index (χ2v) is 9.03. The van der Waals surface area contributed by atoms with Gasteiger partial charge in [-0.3, -0.25) is 19.4 Å². The average molecular weight is 451 g/mol. The molecule has 4 rings (SSSR count). The number of ketones is 1. The van der Waals surface area contributed by atoms with Gasteiger partial charge < -0.3 is 4.74 Å². The zero-order valence-corrected chi connectivity index (χ0v) is 17.4. The van der Waals surface area contributed by atoms with Crippen molar-refractivity contribution in [1.82, 2.24) is 9.21 Å². The number of carbonyl (C=O) groups is 2. The van der Waals surface area contributed by atoms with Crippen molar-refractivity contribution in [3.8, 4) is 5.75 Å². The lowest BCUT2D eigenvalue weighted by Gasteiger charge is -2.35. The summed E-state index contributed by atoms with van der Waals surface area (Å²) in [7, 11) is -2.87. The molecule has 2 heterocycles. The van der Waals surface area contributed by atoms with Crippen LogP contribution in [0.25, 0.3) is 0 Å². The van der Waals surface area contributed by atoms with Crippen LogP contribution in [0.2, 0.25) is 0 Å². The Balaban J connectivity index is 1.48. The molecule has 0 spiro atoms. The van der Waals surface area contributed by atoms with Crippen molar-refractivity contribution in [3.05, 3.63) is 53.6 Å². The molecular formula is C20H19F2N3O5S. The van der Waals surface area contributed by atoms with E-state index in [1.807, 2.05) is 0 Å². The van der Waals surface area contributed by atoms with E-state index in [2.05, 4.69) is 0 Å². The predicted molar refractivity (Wildman–Crippen MR) is 106 cm³/mol. The second kappa shape index (κ2) is 7.98. The van der Waals surface area contributed by atoms with Gasteiger partial charge in [-0.1, -0.05) is 6.07 Å². The zero-order chi connectivity index (χ0) is 22.3. The maximum absolute atomic E-state index is 14.0. The quantitative estimate of drug-likeness (QED) is 0.640. The summed E-state index contributed by atoms with van der Waals surface area (Å²) in [6.45, 7) is 0.472. The number of Topliss-reactive ketones (excluding diaryl/α,β-unsaturated/α-hetero) is 1. The monoisotopic (exact) mass is 451 g/mol. The van der Waals surface area contributed by atoms with Gasteiger partial charge in [-0.25, -0.2) is 17.2 Å². The lowest BCUT2D eigenvalue weighted by Crippen LogP contribution is -2.52. The summed E-state index contributed by atoms with van der Waals surface area (Å²) in [5.41, 5.74) is 0.708. The lowest BCUT2D eigenvalue weighted by atomic mass is 10.1. The van der Waals surface area contributed by atoms with E-state index in [9.17, 15) is 26.8 Å². The summed E-state index contributed by atoms with van der Waals surface area (Å²) in [6.07, 6.45) is 0. The highest BCUT2D eigenvalue weighted by Crippen LogP contribution is 2.33. The minimum atomic E-state index is -4.35. The van der Waals surface area contributed by atoms with Gasteiger partial charge in [0.15, 0.2) is 4.90 Å². The second-order valence-electron chi connectivity index (χ2n) is 7.16. The number of rotatable bonds is 5. The summed E-state index contributed by atoms with van der Waals surface area (Å²) >= 11 is 0. The largest absolute Gasteiger partial charge is 0.497 e. The minimum absolute atomic E-state index is 0.0168. The van der Waals surface area contributed by atoms with Gasteiger partial charge in [0, 0.05) is 32.2 Å². The number of hydrogen-bond acceptors (Lipinski definition) is 6. The number of piperazine rings is 1. The molecule has 2 aliphatic heterocycles. The summed E-state index contributed by atoms with van der Waals surface area (Å²) < 4.78 is 59.6. The van der Waals surface area contributed by atoms with Crippen molar-refractivity contribution >= 4 is 27.4 Å². The van der Waals surface area contributed by atoms with Crippen LogP contribution in [0.3, 0.4) is 0 Å². The molecular weight excluding hydrogens is 432 g/mol. The Kier molecular flexibility index (Phi) is 5.50. The van der Waals surface area contributed by atoms with E-state index < -0.39 is 38.2 Å². The lowest BCUT2D eigenvalue weighted by molar-refractivity contribution is -0.114. The number of anilines is 1. The molecule has 0 atom stereocenters. The number of sulfonamides is 1. The van der Waals surface area contributed by atoms with E-state index in [-0.39, 0.29) is 38.4 Å². The normalized spacial score (nSPS) is 17.8. The number of amides is 1. The third kappa shape index (κ3) is 3.68. The van der Waals surface area contributed by atoms with Crippen molar-refractivity contribution in [2.75, 3.05) is 44.9 Å². The zero-order valence-electron chi connectivity index (χ0n) is 16.5.